The van der Waals surface area contributed by atoms with Gasteiger partial charge in [0.25, 0.3) is 0 Å². The summed E-state index contributed by atoms with van der Waals surface area (Å²) in [7, 11) is -3.76. The maximum absolute atomic E-state index is 13.3. The van der Waals surface area contributed by atoms with Gasteiger partial charge >= 0.3 is 6.01 Å². The minimum absolute atomic E-state index is 0.0396. The lowest BCUT2D eigenvalue weighted by atomic mass is 10.3. The third-order valence-corrected chi connectivity index (χ3v) is 6.02. The van der Waals surface area contributed by atoms with Crippen LogP contribution in [0.5, 0.6) is 6.01 Å². The summed E-state index contributed by atoms with van der Waals surface area (Å²) in [6.07, 6.45) is 0.178. The number of hydrogen-bond acceptors (Lipinski definition) is 5. The average Bonchev–Trinajstić information content (AvgIpc) is 2.98. The van der Waals surface area contributed by atoms with E-state index < -0.39 is 15.8 Å². The smallest absolute Gasteiger partial charge is 0.317 e. The van der Waals surface area contributed by atoms with Crippen molar-refractivity contribution in [3.05, 3.63) is 46.5 Å². The fraction of sp³-hybridized carbons (Fsp3) is 0.375. The van der Waals surface area contributed by atoms with Crippen LogP contribution in [0.25, 0.3) is 0 Å². The number of sulfonamides is 1. The first-order valence-corrected chi connectivity index (χ1v) is 9.51. The molecule has 0 N–H and O–H groups in total. The van der Waals surface area contributed by atoms with Crippen molar-refractivity contribution in [2.45, 2.75) is 31.3 Å². The molecular weight excluding hydrogens is 369 g/mol. The Hall–Kier alpha value is -1.77. The van der Waals surface area contributed by atoms with E-state index in [-0.39, 0.29) is 28.6 Å². The minimum Gasteiger partial charge on any atom is -0.459 e. The van der Waals surface area contributed by atoms with Gasteiger partial charge in [0, 0.05) is 17.9 Å². The van der Waals surface area contributed by atoms with Crippen molar-refractivity contribution in [3.8, 4) is 6.01 Å². The Balaban J connectivity index is 1.74. The molecule has 9 heteroatoms. The van der Waals surface area contributed by atoms with E-state index in [4.69, 9.17) is 16.3 Å². The molecule has 1 aliphatic rings. The molecule has 1 aliphatic heterocycles. The standard InChI is InChI=1S/C16H17ClFN3O3S/c1-10-7-11(2)20-16(19-10)24-12-5-6-21(9-12)25(22,23)13-3-4-15(18)14(17)8-13/h3-4,7-8,12H,5-6,9H2,1-2H3. The lowest BCUT2D eigenvalue weighted by Crippen LogP contribution is -2.31. The largest absolute Gasteiger partial charge is 0.459 e. The second kappa shape index (κ2) is 6.86. The zero-order valence-electron chi connectivity index (χ0n) is 13.7. The summed E-state index contributed by atoms with van der Waals surface area (Å²) in [6.45, 7) is 4.15. The molecule has 0 amide bonds. The van der Waals surface area contributed by atoms with Crippen LogP contribution in [-0.4, -0.2) is 41.9 Å². The Morgan fingerprint density at radius 1 is 1.24 bits per heavy atom. The van der Waals surface area contributed by atoms with Crippen LogP contribution < -0.4 is 4.74 Å². The number of aromatic nitrogens is 2. The lowest BCUT2D eigenvalue weighted by Gasteiger charge is -2.17. The third kappa shape index (κ3) is 3.91. The highest BCUT2D eigenvalue weighted by atomic mass is 35.5. The van der Waals surface area contributed by atoms with E-state index in [0.717, 1.165) is 23.5 Å². The molecule has 25 heavy (non-hydrogen) atoms. The highest BCUT2D eigenvalue weighted by molar-refractivity contribution is 7.89. The second-order valence-electron chi connectivity index (χ2n) is 5.90. The summed E-state index contributed by atoms with van der Waals surface area (Å²) in [5.74, 6) is -0.657. The van der Waals surface area contributed by atoms with Gasteiger partial charge in [0.05, 0.1) is 16.5 Å². The number of ether oxygens (including phenoxy) is 1. The first kappa shape index (κ1) is 18.0. The highest BCUT2D eigenvalue weighted by Gasteiger charge is 2.34. The monoisotopic (exact) mass is 385 g/mol. The zero-order chi connectivity index (χ0) is 18.2. The average molecular weight is 386 g/mol. The van der Waals surface area contributed by atoms with Gasteiger partial charge < -0.3 is 4.74 Å². The van der Waals surface area contributed by atoms with Crippen molar-refractivity contribution < 1.29 is 17.5 Å². The van der Waals surface area contributed by atoms with E-state index in [2.05, 4.69) is 9.97 Å². The number of benzene rings is 1. The Morgan fingerprint density at radius 3 is 2.56 bits per heavy atom. The fourth-order valence-corrected chi connectivity index (χ4v) is 4.45. The molecule has 1 aromatic heterocycles. The topological polar surface area (TPSA) is 72.4 Å². The van der Waals surface area contributed by atoms with Crippen molar-refractivity contribution in [2.75, 3.05) is 13.1 Å². The van der Waals surface area contributed by atoms with Crippen LogP contribution in [-0.2, 0) is 10.0 Å². The quantitative estimate of drug-likeness (QED) is 0.809. The van der Waals surface area contributed by atoms with Crippen LogP contribution in [0.15, 0.2) is 29.2 Å². The van der Waals surface area contributed by atoms with Crippen LogP contribution in [0.2, 0.25) is 5.02 Å². The molecule has 1 unspecified atom stereocenters. The van der Waals surface area contributed by atoms with Gasteiger partial charge in [0.15, 0.2) is 0 Å². The molecule has 0 bridgehead atoms. The normalized spacial score (nSPS) is 18.5. The molecule has 6 nitrogen and oxygen atoms in total. The maximum atomic E-state index is 13.3. The van der Waals surface area contributed by atoms with Gasteiger partial charge in [-0.25, -0.2) is 22.8 Å². The number of halogens is 2. The van der Waals surface area contributed by atoms with Crippen molar-refractivity contribution in [1.29, 1.82) is 0 Å². The molecule has 134 valence electrons. The Kier molecular flexibility index (Phi) is 4.95. The molecule has 0 saturated carbocycles. The minimum atomic E-state index is -3.76. The van der Waals surface area contributed by atoms with E-state index in [9.17, 15) is 12.8 Å². The molecule has 1 saturated heterocycles. The Morgan fingerprint density at radius 2 is 1.92 bits per heavy atom. The second-order valence-corrected chi connectivity index (χ2v) is 8.25. The van der Waals surface area contributed by atoms with Gasteiger partial charge in [-0.2, -0.15) is 4.31 Å². The molecular formula is C16H17ClFN3O3S. The van der Waals surface area contributed by atoms with E-state index >= 15 is 0 Å². The zero-order valence-corrected chi connectivity index (χ0v) is 15.3. The van der Waals surface area contributed by atoms with E-state index in [1.54, 1.807) is 0 Å². The van der Waals surface area contributed by atoms with E-state index in [0.29, 0.717) is 13.0 Å². The number of hydrogen-bond donors (Lipinski definition) is 0. The summed E-state index contributed by atoms with van der Waals surface area (Å²) in [4.78, 5) is 8.37. The molecule has 2 heterocycles. The van der Waals surface area contributed by atoms with Crippen LogP contribution in [0.3, 0.4) is 0 Å². The van der Waals surface area contributed by atoms with Crippen molar-refractivity contribution in [2.24, 2.45) is 0 Å². The van der Waals surface area contributed by atoms with E-state index in [1.807, 2.05) is 19.9 Å². The Bertz CT molecular complexity index is 887. The third-order valence-electron chi connectivity index (χ3n) is 3.87. The van der Waals surface area contributed by atoms with Crippen molar-refractivity contribution in [1.82, 2.24) is 14.3 Å². The summed E-state index contributed by atoms with van der Waals surface area (Å²) in [6, 6.07) is 5.44. The van der Waals surface area contributed by atoms with Gasteiger partial charge in [0.1, 0.15) is 11.9 Å². The number of rotatable bonds is 4. The number of aryl methyl sites for hydroxylation is 2. The maximum Gasteiger partial charge on any atom is 0.317 e. The summed E-state index contributed by atoms with van der Waals surface area (Å²) < 4.78 is 45.6. The Labute approximate surface area is 150 Å². The van der Waals surface area contributed by atoms with Crippen LogP contribution in [0, 0.1) is 19.7 Å². The SMILES string of the molecule is Cc1cc(C)nc(OC2CCN(S(=O)(=O)c3ccc(F)c(Cl)c3)C2)n1. The summed E-state index contributed by atoms with van der Waals surface area (Å²) in [5, 5.41) is -0.225. The van der Waals surface area contributed by atoms with Crippen molar-refractivity contribution >= 4 is 21.6 Å². The summed E-state index contributed by atoms with van der Waals surface area (Å²) in [5.41, 5.74) is 1.57. The molecule has 0 aliphatic carbocycles. The first-order valence-electron chi connectivity index (χ1n) is 7.70. The van der Waals surface area contributed by atoms with Gasteiger partial charge in [0.2, 0.25) is 10.0 Å². The molecule has 2 aromatic rings. The molecule has 0 radical (unpaired) electrons. The number of nitrogens with zero attached hydrogens (tertiary/aromatic N) is 3. The lowest BCUT2D eigenvalue weighted by molar-refractivity contribution is 0.197. The molecule has 3 rings (SSSR count). The summed E-state index contributed by atoms with van der Waals surface area (Å²) >= 11 is 5.69. The van der Waals surface area contributed by atoms with E-state index in [1.165, 1.54) is 10.4 Å². The molecule has 1 fully saturated rings. The van der Waals surface area contributed by atoms with Crippen LogP contribution in [0.4, 0.5) is 4.39 Å². The molecule has 1 atom stereocenters. The van der Waals surface area contributed by atoms with Crippen molar-refractivity contribution in [3.63, 3.8) is 0 Å². The van der Waals surface area contributed by atoms with Gasteiger partial charge in [-0.05, 0) is 44.5 Å². The predicted molar refractivity (Wildman–Crippen MR) is 90.7 cm³/mol. The fourth-order valence-electron chi connectivity index (χ4n) is 2.69. The van der Waals surface area contributed by atoms with Crippen LogP contribution in [0.1, 0.15) is 17.8 Å². The van der Waals surface area contributed by atoms with Gasteiger partial charge in [-0.15, -0.1) is 0 Å². The highest BCUT2D eigenvalue weighted by Crippen LogP contribution is 2.26. The molecule has 1 aromatic carbocycles. The van der Waals surface area contributed by atoms with Gasteiger partial charge in [-0.1, -0.05) is 11.6 Å². The van der Waals surface area contributed by atoms with Gasteiger partial charge in [-0.3, -0.25) is 0 Å². The first-order chi connectivity index (χ1) is 11.8. The van der Waals surface area contributed by atoms with Crippen LogP contribution >= 0.6 is 11.6 Å². The molecule has 0 spiro atoms. The predicted octanol–water partition coefficient (Wildman–Crippen LogP) is 2.73.